The Balaban J connectivity index is 1.69. The van der Waals surface area contributed by atoms with Gasteiger partial charge in [-0.1, -0.05) is 36.8 Å². The average Bonchev–Trinajstić information content (AvgIpc) is 3.11. The van der Waals surface area contributed by atoms with Gasteiger partial charge >= 0.3 is 0 Å². The molecular weight excluding hydrogens is 416 g/mol. The summed E-state index contributed by atoms with van der Waals surface area (Å²) in [6.45, 7) is 4.87. The van der Waals surface area contributed by atoms with E-state index in [-0.39, 0.29) is 17.1 Å². The number of rotatable bonds is 6. The van der Waals surface area contributed by atoms with E-state index in [2.05, 4.69) is 4.98 Å². The van der Waals surface area contributed by atoms with Gasteiger partial charge in [-0.3, -0.25) is 14.6 Å². The first kappa shape index (κ1) is 20.9. The normalized spacial score (nSPS) is 15.2. The molecule has 6 heteroatoms. The van der Waals surface area contributed by atoms with Crippen LogP contribution in [0.25, 0.3) is 11.0 Å². The first-order valence-electron chi connectivity index (χ1n) is 11.1. The van der Waals surface area contributed by atoms with Gasteiger partial charge in [-0.2, -0.15) is 0 Å². The first-order chi connectivity index (χ1) is 16.1. The van der Waals surface area contributed by atoms with E-state index in [1.807, 2.05) is 62.4 Å². The van der Waals surface area contributed by atoms with Gasteiger partial charge in [0.05, 0.1) is 23.6 Å². The zero-order chi connectivity index (χ0) is 22.9. The number of amides is 1. The fraction of sp³-hybridized carbons (Fsp3) is 0.222. The highest BCUT2D eigenvalue weighted by Gasteiger charge is 2.42. The van der Waals surface area contributed by atoms with E-state index in [4.69, 9.17) is 9.15 Å². The van der Waals surface area contributed by atoms with E-state index in [0.717, 1.165) is 23.1 Å². The molecule has 1 amide bonds. The number of carbonyl (C=O) groups excluding carboxylic acids is 1. The summed E-state index contributed by atoms with van der Waals surface area (Å²) in [5.41, 5.74) is 3.24. The lowest BCUT2D eigenvalue weighted by Gasteiger charge is -2.25. The van der Waals surface area contributed by atoms with Gasteiger partial charge in [0.15, 0.2) is 5.43 Å². The minimum atomic E-state index is -0.584. The van der Waals surface area contributed by atoms with Crippen molar-refractivity contribution in [3.8, 4) is 5.75 Å². The molecule has 0 radical (unpaired) electrons. The third kappa shape index (κ3) is 3.78. The molecule has 3 heterocycles. The van der Waals surface area contributed by atoms with Crippen molar-refractivity contribution in [1.29, 1.82) is 0 Å². The van der Waals surface area contributed by atoms with Crippen LogP contribution in [-0.4, -0.2) is 22.4 Å². The van der Waals surface area contributed by atoms with Crippen molar-refractivity contribution < 1.29 is 13.9 Å². The summed E-state index contributed by atoms with van der Waals surface area (Å²) in [4.78, 5) is 33.1. The standard InChI is InChI=1S/C27H24N2O4/c1-3-12-32-20-8-4-7-19(14-20)24-23-25(30)21-13-17(2)9-10-22(21)33-26(23)27(31)29(24)16-18-6-5-11-28-15-18/h4-11,13-15,24H,3,12,16H2,1-2H3/t24-/m1/s1. The minimum absolute atomic E-state index is 0.102. The molecule has 1 aliphatic rings. The van der Waals surface area contributed by atoms with E-state index < -0.39 is 6.04 Å². The van der Waals surface area contributed by atoms with Crippen LogP contribution in [0, 0.1) is 6.92 Å². The molecule has 0 aliphatic carbocycles. The number of carbonyl (C=O) groups is 1. The highest BCUT2D eigenvalue weighted by atomic mass is 16.5. The molecule has 5 rings (SSSR count). The minimum Gasteiger partial charge on any atom is -0.494 e. The van der Waals surface area contributed by atoms with Gasteiger partial charge in [-0.05, 0) is 54.8 Å². The number of pyridine rings is 1. The van der Waals surface area contributed by atoms with E-state index in [1.54, 1.807) is 23.4 Å². The number of nitrogens with zero attached hydrogens (tertiary/aromatic N) is 2. The van der Waals surface area contributed by atoms with Gasteiger partial charge < -0.3 is 14.1 Å². The van der Waals surface area contributed by atoms with Crippen LogP contribution in [0.2, 0.25) is 0 Å². The van der Waals surface area contributed by atoms with E-state index in [9.17, 15) is 9.59 Å². The molecule has 0 unspecified atom stereocenters. The smallest absolute Gasteiger partial charge is 0.291 e. The molecule has 0 fully saturated rings. The number of fused-ring (bicyclic) bond motifs is 2. The largest absolute Gasteiger partial charge is 0.494 e. The van der Waals surface area contributed by atoms with Crippen LogP contribution in [-0.2, 0) is 6.54 Å². The SMILES string of the molecule is CCCOc1cccc([C@@H]2c3c(oc4ccc(C)cc4c3=O)C(=O)N2Cc2cccnc2)c1. The predicted octanol–water partition coefficient (Wildman–Crippen LogP) is 5.03. The van der Waals surface area contributed by atoms with E-state index in [1.165, 1.54) is 0 Å². The summed E-state index contributed by atoms with van der Waals surface area (Å²) in [7, 11) is 0. The topological polar surface area (TPSA) is 72.6 Å². The molecule has 6 nitrogen and oxygen atoms in total. The lowest BCUT2D eigenvalue weighted by Crippen LogP contribution is -2.29. The second-order valence-electron chi connectivity index (χ2n) is 8.29. The summed E-state index contributed by atoms with van der Waals surface area (Å²) in [5.74, 6) is 0.501. The molecule has 0 saturated heterocycles. The quantitative estimate of drug-likeness (QED) is 0.420. The molecular formula is C27H24N2O4. The van der Waals surface area contributed by atoms with Crippen LogP contribution in [0.4, 0.5) is 0 Å². The van der Waals surface area contributed by atoms with Gasteiger partial charge in [0, 0.05) is 18.9 Å². The van der Waals surface area contributed by atoms with Crippen LogP contribution in [0.15, 0.2) is 76.2 Å². The summed E-state index contributed by atoms with van der Waals surface area (Å²) in [6.07, 6.45) is 4.30. The van der Waals surface area contributed by atoms with Gasteiger partial charge in [-0.25, -0.2) is 0 Å². The Kier molecular flexibility index (Phi) is 5.42. The highest BCUT2D eigenvalue weighted by molar-refractivity contribution is 5.99. The van der Waals surface area contributed by atoms with Crippen molar-refractivity contribution >= 4 is 16.9 Å². The third-order valence-corrected chi connectivity index (χ3v) is 5.84. The van der Waals surface area contributed by atoms with Crippen LogP contribution in [0.3, 0.4) is 0 Å². The maximum atomic E-state index is 13.7. The summed E-state index contributed by atoms with van der Waals surface area (Å²) >= 11 is 0. The number of aromatic nitrogens is 1. The van der Waals surface area contributed by atoms with Crippen LogP contribution in [0.5, 0.6) is 5.75 Å². The average molecular weight is 440 g/mol. The molecule has 1 aliphatic heterocycles. The molecule has 166 valence electrons. The van der Waals surface area contributed by atoms with Crippen molar-refractivity contribution in [3.63, 3.8) is 0 Å². The molecule has 0 saturated carbocycles. The molecule has 2 aromatic carbocycles. The molecule has 1 atom stereocenters. The number of hydrogen-bond acceptors (Lipinski definition) is 5. The zero-order valence-electron chi connectivity index (χ0n) is 18.6. The van der Waals surface area contributed by atoms with Gasteiger partial charge in [-0.15, -0.1) is 0 Å². The van der Waals surface area contributed by atoms with Crippen molar-refractivity contribution in [2.45, 2.75) is 32.9 Å². The summed E-state index contributed by atoms with van der Waals surface area (Å²) in [5, 5.41) is 0.480. The molecule has 0 N–H and O–H groups in total. The molecule has 4 aromatic rings. The maximum Gasteiger partial charge on any atom is 0.291 e. The Bertz CT molecular complexity index is 1390. The van der Waals surface area contributed by atoms with Crippen LogP contribution < -0.4 is 10.2 Å². The summed E-state index contributed by atoms with van der Waals surface area (Å²) < 4.78 is 11.9. The van der Waals surface area contributed by atoms with Crippen molar-refractivity contribution in [2.24, 2.45) is 0 Å². The Morgan fingerprint density at radius 1 is 1.09 bits per heavy atom. The molecule has 33 heavy (non-hydrogen) atoms. The monoisotopic (exact) mass is 440 g/mol. The number of ether oxygens (including phenoxy) is 1. The highest BCUT2D eigenvalue weighted by Crippen LogP contribution is 2.40. The van der Waals surface area contributed by atoms with Gasteiger partial charge in [0.2, 0.25) is 5.76 Å². The number of hydrogen-bond donors (Lipinski definition) is 0. The van der Waals surface area contributed by atoms with E-state index in [0.29, 0.717) is 35.4 Å². The lowest BCUT2D eigenvalue weighted by molar-refractivity contribution is 0.0714. The van der Waals surface area contributed by atoms with Crippen molar-refractivity contribution in [2.75, 3.05) is 6.61 Å². The molecule has 0 spiro atoms. The first-order valence-corrected chi connectivity index (χ1v) is 11.1. The molecule has 2 aromatic heterocycles. The fourth-order valence-corrected chi connectivity index (χ4v) is 4.33. The van der Waals surface area contributed by atoms with Crippen LogP contribution >= 0.6 is 0 Å². The van der Waals surface area contributed by atoms with E-state index >= 15 is 0 Å². The Morgan fingerprint density at radius 2 is 1.97 bits per heavy atom. The van der Waals surface area contributed by atoms with Gasteiger partial charge in [0.25, 0.3) is 5.91 Å². The predicted molar refractivity (Wildman–Crippen MR) is 125 cm³/mol. The second-order valence-corrected chi connectivity index (χ2v) is 8.29. The Morgan fingerprint density at radius 3 is 2.76 bits per heavy atom. The lowest BCUT2D eigenvalue weighted by atomic mass is 9.97. The molecule has 0 bridgehead atoms. The van der Waals surface area contributed by atoms with Crippen molar-refractivity contribution in [1.82, 2.24) is 9.88 Å². The maximum absolute atomic E-state index is 13.7. The second kappa shape index (κ2) is 8.54. The third-order valence-electron chi connectivity index (χ3n) is 5.84. The fourth-order valence-electron chi connectivity index (χ4n) is 4.33. The summed E-state index contributed by atoms with van der Waals surface area (Å²) in [6, 6.07) is 16.2. The Hall–Kier alpha value is -3.93. The van der Waals surface area contributed by atoms with Crippen LogP contribution in [0.1, 0.15) is 52.2 Å². The zero-order valence-corrected chi connectivity index (χ0v) is 18.6. The number of aryl methyl sites for hydroxylation is 1. The van der Waals surface area contributed by atoms with Crippen molar-refractivity contribution in [3.05, 3.63) is 105 Å². The number of benzene rings is 2. The Labute approximate surface area is 191 Å². The van der Waals surface area contributed by atoms with Gasteiger partial charge in [0.1, 0.15) is 11.3 Å².